The van der Waals surface area contributed by atoms with E-state index < -0.39 is 6.04 Å². The molecule has 2 amide bonds. The van der Waals surface area contributed by atoms with Crippen LogP contribution < -0.4 is 5.32 Å². The Hall–Kier alpha value is -1.62. The van der Waals surface area contributed by atoms with Gasteiger partial charge in [-0.3, -0.25) is 9.59 Å². The summed E-state index contributed by atoms with van der Waals surface area (Å²) in [7, 11) is 3.27. The summed E-state index contributed by atoms with van der Waals surface area (Å²) in [6.45, 7) is 1.63. The van der Waals surface area contributed by atoms with Crippen LogP contribution in [0, 0.1) is 0 Å². The molecule has 1 aromatic rings. The van der Waals surface area contributed by atoms with Gasteiger partial charge in [0, 0.05) is 20.3 Å². The molecule has 0 saturated carbocycles. The van der Waals surface area contributed by atoms with Crippen molar-refractivity contribution in [3.63, 3.8) is 0 Å². The third-order valence-electron chi connectivity index (χ3n) is 2.15. The fraction of sp³-hybridized carbons (Fsp3) is 0.364. The SMILES string of the molecule is CC(NC(=O)c1ccc(Cl)nc1)C(=O)N(C)C. The van der Waals surface area contributed by atoms with Crippen molar-refractivity contribution in [2.75, 3.05) is 14.1 Å². The van der Waals surface area contributed by atoms with Gasteiger partial charge in [0.15, 0.2) is 0 Å². The molecule has 0 saturated heterocycles. The Balaban J connectivity index is 2.66. The van der Waals surface area contributed by atoms with Crippen molar-refractivity contribution >= 4 is 23.4 Å². The lowest BCUT2D eigenvalue weighted by molar-refractivity contribution is -0.130. The molecular weight excluding hydrogens is 242 g/mol. The molecule has 5 nitrogen and oxygen atoms in total. The van der Waals surface area contributed by atoms with Crippen molar-refractivity contribution in [1.29, 1.82) is 0 Å². The summed E-state index contributed by atoms with van der Waals surface area (Å²) in [4.78, 5) is 28.5. The third-order valence-corrected chi connectivity index (χ3v) is 2.37. The smallest absolute Gasteiger partial charge is 0.253 e. The van der Waals surface area contributed by atoms with E-state index in [2.05, 4.69) is 10.3 Å². The Labute approximate surface area is 105 Å². The number of halogens is 1. The van der Waals surface area contributed by atoms with Gasteiger partial charge in [-0.05, 0) is 19.1 Å². The van der Waals surface area contributed by atoms with Crippen LogP contribution in [-0.4, -0.2) is 41.8 Å². The van der Waals surface area contributed by atoms with Crippen LogP contribution in [0.2, 0.25) is 5.15 Å². The number of pyridine rings is 1. The highest BCUT2D eigenvalue weighted by molar-refractivity contribution is 6.29. The maximum Gasteiger partial charge on any atom is 0.253 e. The van der Waals surface area contributed by atoms with Crippen molar-refractivity contribution < 1.29 is 9.59 Å². The summed E-state index contributed by atoms with van der Waals surface area (Å²) in [6, 6.07) is 2.50. The minimum Gasteiger partial charge on any atom is -0.347 e. The number of carbonyl (C=O) groups is 2. The first-order valence-corrected chi connectivity index (χ1v) is 5.43. The van der Waals surface area contributed by atoms with Gasteiger partial charge in [-0.2, -0.15) is 0 Å². The van der Waals surface area contributed by atoms with Crippen molar-refractivity contribution in [1.82, 2.24) is 15.2 Å². The van der Waals surface area contributed by atoms with Crippen molar-refractivity contribution in [2.45, 2.75) is 13.0 Å². The molecule has 0 spiro atoms. The largest absolute Gasteiger partial charge is 0.347 e. The van der Waals surface area contributed by atoms with Gasteiger partial charge in [-0.15, -0.1) is 0 Å². The van der Waals surface area contributed by atoms with Crippen LogP contribution in [0.15, 0.2) is 18.3 Å². The minimum absolute atomic E-state index is 0.166. The van der Waals surface area contributed by atoms with E-state index >= 15 is 0 Å². The Bertz CT molecular complexity index is 417. The zero-order chi connectivity index (χ0) is 13.0. The van der Waals surface area contributed by atoms with Crippen molar-refractivity contribution in [3.05, 3.63) is 29.0 Å². The first kappa shape index (κ1) is 13.4. The molecule has 0 bridgehead atoms. The van der Waals surface area contributed by atoms with Crippen molar-refractivity contribution in [2.24, 2.45) is 0 Å². The van der Waals surface area contributed by atoms with Gasteiger partial charge < -0.3 is 10.2 Å². The molecule has 17 heavy (non-hydrogen) atoms. The lowest BCUT2D eigenvalue weighted by atomic mass is 10.2. The van der Waals surface area contributed by atoms with E-state index in [4.69, 9.17) is 11.6 Å². The molecule has 1 rings (SSSR count). The van der Waals surface area contributed by atoms with Gasteiger partial charge in [0.1, 0.15) is 11.2 Å². The molecule has 0 fully saturated rings. The Morgan fingerprint density at radius 1 is 1.41 bits per heavy atom. The average Bonchev–Trinajstić information content (AvgIpc) is 2.28. The molecule has 6 heteroatoms. The van der Waals surface area contributed by atoms with Crippen LogP contribution in [0.5, 0.6) is 0 Å². The number of hydrogen-bond acceptors (Lipinski definition) is 3. The summed E-state index contributed by atoms with van der Waals surface area (Å²) in [5, 5.41) is 2.90. The Morgan fingerprint density at radius 2 is 2.06 bits per heavy atom. The van der Waals surface area contributed by atoms with E-state index in [-0.39, 0.29) is 11.8 Å². The van der Waals surface area contributed by atoms with Crippen LogP contribution in [-0.2, 0) is 4.79 Å². The quantitative estimate of drug-likeness (QED) is 0.818. The van der Waals surface area contributed by atoms with Gasteiger partial charge in [0.05, 0.1) is 5.56 Å². The molecule has 1 unspecified atom stereocenters. The molecule has 1 atom stereocenters. The molecule has 92 valence electrons. The molecular formula is C11H14ClN3O2. The van der Waals surface area contributed by atoms with Crippen LogP contribution in [0.3, 0.4) is 0 Å². The number of amides is 2. The molecule has 0 radical (unpaired) electrons. The fourth-order valence-corrected chi connectivity index (χ4v) is 1.35. The predicted octanol–water partition coefficient (Wildman–Crippen LogP) is 0.942. The molecule has 1 aromatic heterocycles. The second-order valence-electron chi connectivity index (χ2n) is 3.80. The second kappa shape index (κ2) is 5.63. The first-order chi connectivity index (χ1) is 7.91. The highest BCUT2D eigenvalue weighted by Gasteiger charge is 2.17. The highest BCUT2D eigenvalue weighted by atomic mass is 35.5. The third kappa shape index (κ3) is 3.71. The van der Waals surface area contributed by atoms with Gasteiger partial charge in [0.25, 0.3) is 5.91 Å². The zero-order valence-corrected chi connectivity index (χ0v) is 10.7. The maximum absolute atomic E-state index is 11.7. The molecule has 0 aromatic carbocycles. The Kier molecular flexibility index (Phi) is 4.45. The van der Waals surface area contributed by atoms with Crippen molar-refractivity contribution in [3.8, 4) is 0 Å². The number of aromatic nitrogens is 1. The lowest BCUT2D eigenvalue weighted by Gasteiger charge is -2.17. The van der Waals surface area contributed by atoms with E-state index in [1.807, 2.05) is 0 Å². The second-order valence-corrected chi connectivity index (χ2v) is 4.18. The monoisotopic (exact) mass is 255 g/mol. The van der Waals surface area contributed by atoms with E-state index in [1.165, 1.54) is 17.2 Å². The molecule has 1 heterocycles. The van der Waals surface area contributed by atoms with E-state index in [0.717, 1.165) is 0 Å². The summed E-state index contributed by atoms with van der Waals surface area (Å²) >= 11 is 5.61. The number of hydrogen-bond donors (Lipinski definition) is 1. The summed E-state index contributed by atoms with van der Waals surface area (Å²) < 4.78 is 0. The number of nitrogens with one attached hydrogen (secondary N) is 1. The predicted molar refractivity (Wildman–Crippen MR) is 64.9 cm³/mol. The van der Waals surface area contributed by atoms with Gasteiger partial charge >= 0.3 is 0 Å². The molecule has 0 aliphatic rings. The highest BCUT2D eigenvalue weighted by Crippen LogP contribution is 2.05. The van der Waals surface area contributed by atoms with Crippen LogP contribution in [0.1, 0.15) is 17.3 Å². The molecule has 0 aliphatic carbocycles. The molecule has 0 aliphatic heterocycles. The van der Waals surface area contributed by atoms with Crippen LogP contribution in [0.25, 0.3) is 0 Å². The summed E-state index contributed by atoms with van der Waals surface area (Å²) in [5.41, 5.74) is 0.368. The van der Waals surface area contributed by atoms with Gasteiger partial charge in [-0.25, -0.2) is 4.98 Å². The first-order valence-electron chi connectivity index (χ1n) is 5.05. The average molecular weight is 256 g/mol. The minimum atomic E-state index is -0.576. The van der Waals surface area contributed by atoms with Gasteiger partial charge in [-0.1, -0.05) is 11.6 Å². The van der Waals surface area contributed by atoms with E-state index in [9.17, 15) is 9.59 Å². The normalized spacial score (nSPS) is 11.8. The lowest BCUT2D eigenvalue weighted by Crippen LogP contribution is -2.44. The molecule has 1 N–H and O–H groups in total. The Morgan fingerprint density at radius 3 is 2.53 bits per heavy atom. The zero-order valence-electron chi connectivity index (χ0n) is 9.90. The summed E-state index contributed by atoms with van der Waals surface area (Å²) in [5.74, 6) is -0.517. The maximum atomic E-state index is 11.7. The number of carbonyl (C=O) groups excluding carboxylic acids is 2. The van der Waals surface area contributed by atoms with Crippen LogP contribution >= 0.6 is 11.6 Å². The van der Waals surface area contributed by atoms with E-state index in [0.29, 0.717) is 10.7 Å². The topological polar surface area (TPSA) is 62.3 Å². The number of likely N-dealkylation sites (N-methyl/N-ethyl adjacent to an activating group) is 1. The summed E-state index contributed by atoms with van der Waals surface area (Å²) in [6.07, 6.45) is 1.37. The standard InChI is InChI=1S/C11H14ClN3O2/c1-7(11(17)15(2)3)14-10(16)8-4-5-9(12)13-6-8/h4-7H,1-3H3,(H,14,16). The number of rotatable bonds is 3. The fourth-order valence-electron chi connectivity index (χ4n) is 1.24. The number of nitrogens with zero attached hydrogens (tertiary/aromatic N) is 2. The van der Waals surface area contributed by atoms with Crippen LogP contribution in [0.4, 0.5) is 0 Å². The van der Waals surface area contributed by atoms with Gasteiger partial charge in [0.2, 0.25) is 5.91 Å². The van der Waals surface area contributed by atoms with E-state index in [1.54, 1.807) is 27.1 Å².